The quantitative estimate of drug-likeness (QED) is 0.857. The van der Waals surface area contributed by atoms with Gasteiger partial charge in [0.2, 0.25) is 10.0 Å². The summed E-state index contributed by atoms with van der Waals surface area (Å²) in [6, 6.07) is 10.9. The molecule has 1 atom stereocenters. The molecule has 1 amide bonds. The number of hydrogen-bond acceptors (Lipinski definition) is 3. The molecule has 134 valence electrons. The van der Waals surface area contributed by atoms with Crippen LogP contribution in [-0.4, -0.2) is 20.6 Å². The topological polar surface area (TPSA) is 75.3 Å². The minimum Gasteiger partial charge on any atom is -0.346 e. The highest BCUT2D eigenvalue weighted by Gasteiger charge is 2.15. The third kappa shape index (κ3) is 5.06. The zero-order valence-corrected chi connectivity index (χ0v) is 16.0. The van der Waals surface area contributed by atoms with Crippen LogP contribution < -0.4 is 10.0 Å². The van der Waals surface area contributed by atoms with E-state index >= 15 is 0 Å². The van der Waals surface area contributed by atoms with Crippen molar-refractivity contribution in [2.45, 2.75) is 33.7 Å². The van der Waals surface area contributed by atoms with E-state index in [0.29, 0.717) is 11.3 Å². The molecule has 0 aromatic heterocycles. The van der Waals surface area contributed by atoms with E-state index in [4.69, 9.17) is 0 Å². The van der Waals surface area contributed by atoms with Gasteiger partial charge in [-0.05, 0) is 56.5 Å². The molecule has 0 aliphatic carbocycles. The maximum Gasteiger partial charge on any atom is 0.251 e. The Balaban J connectivity index is 2.21. The predicted molar refractivity (Wildman–Crippen MR) is 101 cm³/mol. The summed E-state index contributed by atoms with van der Waals surface area (Å²) in [4.78, 5) is 12.5. The van der Waals surface area contributed by atoms with E-state index in [1.165, 1.54) is 5.56 Å². The van der Waals surface area contributed by atoms with E-state index in [1.54, 1.807) is 25.1 Å². The van der Waals surface area contributed by atoms with Gasteiger partial charge >= 0.3 is 0 Å². The fraction of sp³-hybridized carbons (Fsp3) is 0.316. The molecular formula is C19H24N2O3S. The number of anilines is 1. The summed E-state index contributed by atoms with van der Waals surface area (Å²) in [6.07, 6.45) is 1.08. The number of aryl methyl sites for hydroxylation is 3. The molecule has 0 saturated carbocycles. The zero-order chi connectivity index (χ0) is 18.8. The molecule has 25 heavy (non-hydrogen) atoms. The number of rotatable bonds is 5. The first kappa shape index (κ1) is 19.0. The highest BCUT2D eigenvalue weighted by atomic mass is 32.2. The van der Waals surface area contributed by atoms with Crippen molar-refractivity contribution in [1.29, 1.82) is 0 Å². The summed E-state index contributed by atoms with van der Waals surface area (Å²) in [7, 11) is -3.40. The average Bonchev–Trinajstić information content (AvgIpc) is 2.47. The van der Waals surface area contributed by atoms with Gasteiger partial charge in [-0.1, -0.05) is 29.8 Å². The Morgan fingerprint density at radius 3 is 2.28 bits per heavy atom. The number of sulfonamides is 1. The third-order valence-electron chi connectivity index (χ3n) is 4.03. The first-order valence-corrected chi connectivity index (χ1v) is 9.92. The van der Waals surface area contributed by atoms with Crippen LogP contribution in [0, 0.1) is 20.8 Å². The number of nitrogens with one attached hydrogen (secondary N) is 2. The van der Waals surface area contributed by atoms with Gasteiger partial charge in [-0.15, -0.1) is 0 Å². The van der Waals surface area contributed by atoms with Gasteiger partial charge in [0.25, 0.3) is 5.91 Å². The maximum absolute atomic E-state index is 12.5. The predicted octanol–water partition coefficient (Wildman–Crippen LogP) is 3.47. The van der Waals surface area contributed by atoms with Crippen LogP contribution >= 0.6 is 0 Å². The summed E-state index contributed by atoms with van der Waals surface area (Å²) in [6.45, 7) is 7.76. The van der Waals surface area contributed by atoms with Gasteiger partial charge in [-0.3, -0.25) is 9.52 Å². The number of amides is 1. The van der Waals surface area contributed by atoms with Crippen LogP contribution in [0.1, 0.15) is 45.6 Å². The Morgan fingerprint density at radius 2 is 1.68 bits per heavy atom. The fourth-order valence-corrected chi connectivity index (χ4v) is 3.36. The first-order valence-electron chi connectivity index (χ1n) is 8.03. The summed E-state index contributed by atoms with van der Waals surface area (Å²) < 4.78 is 25.3. The highest BCUT2D eigenvalue weighted by Crippen LogP contribution is 2.21. The van der Waals surface area contributed by atoms with Crippen molar-refractivity contribution in [2.75, 3.05) is 11.0 Å². The standard InChI is InChI=1S/C19H24N2O3S/c1-12-6-9-17(14(3)10-12)15(4)20-19(22)16-8-7-13(2)18(11-16)21-25(5,23)24/h6-11,15,21H,1-5H3,(H,20,22)/t15-/m1/s1. The Labute approximate surface area is 149 Å². The number of hydrogen-bond donors (Lipinski definition) is 2. The number of benzene rings is 2. The van der Waals surface area contributed by atoms with Crippen molar-refractivity contribution in [3.05, 3.63) is 64.2 Å². The SMILES string of the molecule is Cc1ccc([C@@H](C)NC(=O)c2ccc(C)c(NS(C)(=O)=O)c2)c(C)c1. The van der Waals surface area contributed by atoms with Gasteiger partial charge in [0.15, 0.2) is 0 Å². The maximum atomic E-state index is 12.5. The van der Waals surface area contributed by atoms with Crippen LogP contribution in [0.4, 0.5) is 5.69 Å². The minimum absolute atomic E-state index is 0.152. The second kappa shape index (κ2) is 7.27. The lowest BCUT2D eigenvalue weighted by molar-refractivity contribution is 0.0940. The molecule has 0 fully saturated rings. The molecule has 0 aliphatic heterocycles. The van der Waals surface area contributed by atoms with Gasteiger partial charge in [-0.2, -0.15) is 0 Å². The lowest BCUT2D eigenvalue weighted by atomic mass is 10.00. The van der Waals surface area contributed by atoms with E-state index in [9.17, 15) is 13.2 Å². The summed E-state index contributed by atoms with van der Waals surface area (Å²) >= 11 is 0. The zero-order valence-electron chi connectivity index (χ0n) is 15.2. The van der Waals surface area contributed by atoms with Crippen LogP contribution in [-0.2, 0) is 10.0 Å². The van der Waals surface area contributed by atoms with E-state index in [-0.39, 0.29) is 11.9 Å². The van der Waals surface area contributed by atoms with Crippen molar-refractivity contribution in [1.82, 2.24) is 5.32 Å². The Kier molecular flexibility index (Phi) is 5.52. The smallest absolute Gasteiger partial charge is 0.251 e. The molecule has 0 spiro atoms. The molecule has 2 N–H and O–H groups in total. The van der Waals surface area contributed by atoms with Gasteiger partial charge in [0, 0.05) is 5.56 Å². The van der Waals surface area contributed by atoms with Crippen molar-refractivity contribution in [3.8, 4) is 0 Å². The van der Waals surface area contributed by atoms with Crippen LogP contribution in [0.3, 0.4) is 0 Å². The van der Waals surface area contributed by atoms with E-state index in [0.717, 1.165) is 22.9 Å². The highest BCUT2D eigenvalue weighted by molar-refractivity contribution is 7.92. The van der Waals surface area contributed by atoms with E-state index in [1.807, 2.05) is 32.9 Å². The average molecular weight is 360 g/mol. The first-order chi connectivity index (χ1) is 11.6. The molecule has 2 aromatic rings. The van der Waals surface area contributed by atoms with Crippen LogP contribution in [0.15, 0.2) is 36.4 Å². The summed E-state index contributed by atoms with van der Waals surface area (Å²) in [5.74, 6) is -0.246. The Morgan fingerprint density at radius 1 is 1.00 bits per heavy atom. The monoisotopic (exact) mass is 360 g/mol. The fourth-order valence-electron chi connectivity index (χ4n) is 2.74. The van der Waals surface area contributed by atoms with Crippen LogP contribution in [0.2, 0.25) is 0 Å². The van der Waals surface area contributed by atoms with Gasteiger partial charge in [0.1, 0.15) is 0 Å². The number of carbonyl (C=O) groups is 1. The molecular weight excluding hydrogens is 336 g/mol. The van der Waals surface area contributed by atoms with Gasteiger partial charge < -0.3 is 5.32 Å². The molecule has 2 aromatic carbocycles. The molecule has 6 heteroatoms. The second-order valence-corrected chi connectivity index (χ2v) is 8.21. The largest absolute Gasteiger partial charge is 0.346 e. The van der Waals surface area contributed by atoms with Gasteiger partial charge in [-0.25, -0.2) is 8.42 Å². The Hall–Kier alpha value is -2.34. The van der Waals surface area contributed by atoms with Crippen molar-refractivity contribution < 1.29 is 13.2 Å². The lowest BCUT2D eigenvalue weighted by Crippen LogP contribution is -2.27. The molecule has 0 heterocycles. The molecule has 0 aliphatic rings. The lowest BCUT2D eigenvalue weighted by Gasteiger charge is -2.18. The molecule has 0 saturated heterocycles. The van der Waals surface area contributed by atoms with Crippen LogP contribution in [0.5, 0.6) is 0 Å². The molecule has 0 radical (unpaired) electrons. The number of carbonyl (C=O) groups excluding carboxylic acids is 1. The third-order valence-corrected chi connectivity index (χ3v) is 4.63. The molecule has 0 bridgehead atoms. The van der Waals surface area contributed by atoms with Gasteiger partial charge in [0.05, 0.1) is 18.0 Å². The Bertz CT molecular complexity index is 905. The molecule has 5 nitrogen and oxygen atoms in total. The van der Waals surface area contributed by atoms with Crippen molar-refractivity contribution in [2.24, 2.45) is 0 Å². The second-order valence-electron chi connectivity index (χ2n) is 6.46. The summed E-state index contributed by atoms with van der Waals surface area (Å²) in [5.41, 5.74) is 4.93. The van der Waals surface area contributed by atoms with E-state index < -0.39 is 10.0 Å². The molecule has 0 unspecified atom stereocenters. The molecule has 2 rings (SSSR count). The van der Waals surface area contributed by atoms with E-state index in [2.05, 4.69) is 16.1 Å². The van der Waals surface area contributed by atoms with Crippen LogP contribution in [0.25, 0.3) is 0 Å². The minimum atomic E-state index is -3.40. The normalized spacial score (nSPS) is 12.5. The summed E-state index contributed by atoms with van der Waals surface area (Å²) in [5, 5.41) is 2.97. The van der Waals surface area contributed by atoms with Crippen molar-refractivity contribution >= 4 is 21.6 Å². The van der Waals surface area contributed by atoms with Crippen molar-refractivity contribution in [3.63, 3.8) is 0 Å².